The van der Waals surface area contributed by atoms with Crippen molar-refractivity contribution < 1.29 is 9.90 Å². The van der Waals surface area contributed by atoms with Crippen LogP contribution < -0.4 is 0 Å². The van der Waals surface area contributed by atoms with Gasteiger partial charge in [-0.3, -0.25) is 9.69 Å². The molecule has 0 aromatic heterocycles. The maximum atomic E-state index is 11.7. The van der Waals surface area contributed by atoms with E-state index < -0.39 is 0 Å². The molecule has 2 aliphatic heterocycles. The zero-order valence-corrected chi connectivity index (χ0v) is 10.8. The Labute approximate surface area is 104 Å². The van der Waals surface area contributed by atoms with E-state index in [-0.39, 0.29) is 18.4 Å². The minimum absolute atomic E-state index is 0.141. The number of aliphatic hydroxyl groups is 1. The summed E-state index contributed by atoms with van der Waals surface area (Å²) in [6.07, 6.45) is 4.45. The fourth-order valence-corrected chi connectivity index (χ4v) is 2.93. The summed E-state index contributed by atoms with van der Waals surface area (Å²) in [5, 5.41) is 9.07. The highest BCUT2D eigenvalue weighted by Gasteiger charge is 2.29. The number of carbonyl (C=O) groups is 1. The van der Waals surface area contributed by atoms with E-state index in [4.69, 9.17) is 5.11 Å². The summed E-state index contributed by atoms with van der Waals surface area (Å²) in [4.78, 5) is 16.1. The first kappa shape index (κ1) is 12.8. The van der Waals surface area contributed by atoms with Crippen molar-refractivity contribution in [3.05, 3.63) is 0 Å². The van der Waals surface area contributed by atoms with Crippen LogP contribution in [0.4, 0.5) is 0 Å². The molecule has 2 rings (SSSR count). The Morgan fingerprint density at radius 1 is 1.35 bits per heavy atom. The summed E-state index contributed by atoms with van der Waals surface area (Å²) in [6, 6.07) is 0.662. The molecule has 0 spiro atoms. The third-order valence-corrected chi connectivity index (χ3v) is 4.15. The molecule has 2 aliphatic rings. The predicted octanol–water partition coefficient (Wildman–Crippen LogP) is 0.702. The monoisotopic (exact) mass is 240 g/mol. The Morgan fingerprint density at radius 3 is 2.82 bits per heavy atom. The normalized spacial score (nSPS) is 31.2. The molecule has 0 aromatic rings. The van der Waals surface area contributed by atoms with Crippen molar-refractivity contribution in [2.24, 2.45) is 5.92 Å². The van der Waals surface area contributed by atoms with Gasteiger partial charge in [-0.25, -0.2) is 0 Å². The SMILES string of the molecule is CC1CCCCN1CCN1CC(CO)CC1=O. The van der Waals surface area contributed by atoms with E-state index in [0.717, 1.165) is 19.6 Å². The first-order valence-electron chi connectivity index (χ1n) is 6.83. The van der Waals surface area contributed by atoms with Crippen LogP contribution in [-0.2, 0) is 4.79 Å². The van der Waals surface area contributed by atoms with E-state index in [2.05, 4.69) is 11.8 Å². The molecule has 98 valence electrons. The predicted molar refractivity (Wildman–Crippen MR) is 66.7 cm³/mol. The van der Waals surface area contributed by atoms with Gasteiger partial charge in [0, 0.05) is 44.6 Å². The second-order valence-electron chi connectivity index (χ2n) is 5.47. The molecule has 0 radical (unpaired) electrons. The van der Waals surface area contributed by atoms with E-state index in [1.807, 2.05) is 4.90 Å². The maximum Gasteiger partial charge on any atom is 0.223 e. The summed E-state index contributed by atoms with van der Waals surface area (Å²) in [7, 11) is 0. The Kier molecular flexibility index (Phi) is 4.40. The van der Waals surface area contributed by atoms with E-state index in [1.54, 1.807) is 0 Å². The summed E-state index contributed by atoms with van der Waals surface area (Å²) >= 11 is 0. The smallest absolute Gasteiger partial charge is 0.223 e. The standard InChI is InChI=1S/C13H24N2O2/c1-11-4-2-3-5-14(11)6-7-15-9-12(10-16)8-13(15)17/h11-12,16H,2-10H2,1H3. The number of likely N-dealkylation sites (tertiary alicyclic amines) is 2. The number of rotatable bonds is 4. The third-order valence-electron chi connectivity index (χ3n) is 4.15. The number of carbonyl (C=O) groups excluding carboxylic acids is 1. The van der Waals surface area contributed by atoms with E-state index >= 15 is 0 Å². The van der Waals surface area contributed by atoms with Gasteiger partial charge in [0.2, 0.25) is 5.91 Å². The lowest BCUT2D eigenvalue weighted by Gasteiger charge is -2.34. The average molecular weight is 240 g/mol. The summed E-state index contributed by atoms with van der Waals surface area (Å²) < 4.78 is 0. The number of nitrogens with zero attached hydrogens (tertiary/aromatic N) is 2. The molecule has 2 saturated heterocycles. The van der Waals surface area contributed by atoms with Gasteiger partial charge in [-0.1, -0.05) is 6.42 Å². The summed E-state index contributed by atoms with van der Waals surface area (Å²) in [5.74, 6) is 0.384. The van der Waals surface area contributed by atoms with Gasteiger partial charge in [0.1, 0.15) is 0 Å². The molecule has 1 amide bonds. The van der Waals surface area contributed by atoms with Gasteiger partial charge >= 0.3 is 0 Å². The van der Waals surface area contributed by atoms with Crippen molar-refractivity contribution in [2.45, 2.75) is 38.6 Å². The van der Waals surface area contributed by atoms with Gasteiger partial charge in [-0.15, -0.1) is 0 Å². The van der Waals surface area contributed by atoms with E-state index in [1.165, 1.54) is 25.8 Å². The second kappa shape index (κ2) is 5.83. The Morgan fingerprint density at radius 2 is 2.18 bits per heavy atom. The Balaban J connectivity index is 1.76. The lowest BCUT2D eigenvalue weighted by atomic mass is 10.0. The summed E-state index contributed by atoms with van der Waals surface area (Å²) in [5.41, 5.74) is 0. The number of hydrogen-bond acceptors (Lipinski definition) is 3. The highest BCUT2D eigenvalue weighted by Crippen LogP contribution is 2.19. The molecule has 2 fully saturated rings. The van der Waals surface area contributed by atoms with Crippen molar-refractivity contribution in [3.8, 4) is 0 Å². The fraction of sp³-hybridized carbons (Fsp3) is 0.923. The first-order chi connectivity index (χ1) is 8.20. The van der Waals surface area contributed by atoms with Crippen LogP contribution in [0.1, 0.15) is 32.6 Å². The van der Waals surface area contributed by atoms with Crippen molar-refractivity contribution in [1.29, 1.82) is 0 Å². The summed E-state index contributed by atoms with van der Waals surface area (Å²) in [6.45, 7) is 6.17. The van der Waals surface area contributed by atoms with Gasteiger partial charge in [0.15, 0.2) is 0 Å². The fourth-order valence-electron chi connectivity index (χ4n) is 2.93. The second-order valence-corrected chi connectivity index (χ2v) is 5.47. The van der Waals surface area contributed by atoms with Crippen LogP contribution >= 0.6 is 0 Å². The molecule has 4 heteroatoms. The molecule has 0 saturated carbocycles. The highest BCUT2D eigenvalue weighted by molar-refractivity contribution is 5.78. The van der Waals surface area contributed by atoms with Crippen LogP contribution in [0.25, 0.3) is 0 Å². The third kappa shape index (κ3) is 3.19. The lowest BCUT2D eigenvalue weighted by Crippen LogP contribution is -2.42. The zero-order chi connectivity index (χ0) is 12.3. The average Bonchev–Trinajstić information content (AvgIpc) is 2.69. The molecule has 0 aromatic carbocycles. The molecule has 1 N–H and O–H groups in total. The molecular formula is C13H24N2O2. The maximum absolute atomic E-state index is 11.7. The lowest BCUT2D eigenvalue weighted by molar-refractivity contribution is -0.128. The van der Waals surface area contributed by atoms with Crippen LogP contribution in [0.5, 0.6) is 0 Å². The molecule has 2 unspecified atom stereocenters. The van der Waals surface area contributed by atoms with Crippen LogP contribution in [-0.4, -0.2) is 59.6 Å². The minimum atomic E-state index is 0.141. The topological polar surface area (TPSA) is 43.8 Å². The number of amides is 1. The van der Waals surface area contributed by atoms with E-state index in [9.17, 15) is 4.79 Å². The van der Waals surface area contributed by atoms with Gasteiger partial charge in [-0.2, -0.15) is 0 Å². The van der Waals surface area contributed by atoms with Crippen molar-refractivity contribution >= 4 is 5.91 Å². The minimum Gasteiger partial charge on any atom is -0.396 e. The van der Waals surface area contributed by atoms with Crippen molar-refractivity contribution in [2.75, 3.05) is 32.8 Å². The zero-order valence-electron chi connectivity index (χ0n) is 10.8. The molecule has 0 aliphatic carbocycles. The molecular weight excluding hydrogens is 216 g/mol. The molecule has 2 heterocycles. The number of piperidine rings is 1. The molecule has 2 atom stereocenters. The first-order valence-corrected chi connectivity index (χ1v) is 6.83. The molecule has 0 bridgehead atoms. The van der Waals surface area contributed by atoms with Gasteiger partial charge in [-0.05, 0) is 26.3 Å². The van der Waals surface area contributed by atoms with Crippen LogP contribution in [0, 0.1) is 5.92 Å². The number of hydrogen-bond donors (Lipinski definition) is 1. The number of aliphatic hydroxyl groups excluding tert-OH is 1. The van der Waals surface area contributed by atoms with Crippen LogP contribution in [0.2, 0.25) is 0 Å². The van der Waals surface area contributed by atoms with Crippen molar-refractivity contribution in [1.82, 2.24) is 9.80 Å². The molecule has 4 nitrogen and oxygen atoms in total. The van der Waals surface area contributed by atoms with Gasteiger partial charge < -0.3 is 10.0 Å². The Bertz CT molecular complexity index is 270. The van der Waals surface area contributed by atoms with Crippen LogP contribution in [0.15, 0.2) is 0 Å². The molecule has 17 heavy (non-hydrogen) atoms. The van der Waals surface area contributed by atoms with E-state index in [0.29, 0.717) is 12.5 Å². The largest absolute Gasteiger partial charge is 0.396 e. The quantitative estimate of drug-likeness (QED) is 0.787. The highest BCUT2D eigenvalue weighted by atomic mass is 16.3. The Hall–Kier alpha value is -0.610. The van der Waals surface area contributed by atoms with Gasteiger partial charge in [0.25, 0.3) is 0 Å². The van der Waals surface area contributed by atoms with Gasteiger partial charge in [0.05, 0.1) is 0 Å². The van der Waals surface area contributed by atoms with Crippen molar-refractivity contribution in [3.63, 3.8) is 0 Å². The van der Waals surface area contributed by atoms with Crippen LogP contribution in [0.3, 0.4) is 0 Å².